The Hall–Kier alpha value is -3.14. The predicted octanol–water partition coefficient (Wildman–Crippen LogP) is 5.31. The largest absolute Gasteiger partial charge is 0.476 e. The number of nitrogens with zero attached hydrogens (tertiary/aromatic N) is 4. The van der Waals surface area contributed by atoms with Gasteiger partial charge in [-0.15, -0.1) is 5.10 Å². The summed E-state index contributed by atoms with van der Waals surface area (Å²) in [6.07, 6.45) is 2.09. The van der Waals surface area contributed by atoms with Gasteiger partial charge in [-0.2, -0.15) is 5.06 Å². The fourth-order valence-corrected chi connectivity index (χ4v) is 5.66. The summed E-state index contributed by atoms with van der Waals surface area (Å²) in [5, 5.41) is 6.57. The van der Waals surface area contributed by atoms with Gasteiger partial charge in [0.05, 0.1) is 18.0 Å². The monoisotopic (exact) mass is 552 g/mol. The minimum absolute atomic E-state index is 0.0289. The van der Waals surface area contributed by atoms with Crippen LogP contribution in [0.1, 0.15) is 49.1 Å². The number of hydrogen-bond donors (Lipinski definition) is 0. The molecule has 1 aromatic heterocycles. The molecule has 0 N–H and O–H groups in total. The minimum atomic E-state index is -0.920. The van der Waals surface area contributed by atoms with Crippen molar-refractivity contribution in [2.45, 2.75) is 45.6 Å². The number of ether oxygens (including phenoxy) is 1. The molecule has 0 unspecified atom stereocenters. The Morgan fingerprint density at radius 2 is 1.85 bits per heavy atom. The van der Waals surface area contributed by atoms with E-state index in [1.807, 2.05) is 48.9 Å². The fourth-order valence-electron chi connectivity index (χ4n) is 5.66. The van der Waals surface area contributed by atoms with E-state index in [-0.39, 0.29) is 24.5 Å². The quantitative estimate of drug-likeness (QED) is 0.340. The number of aromatic nitrogens is 2. The SMILES string of the molecule is CCN1C[C@H](CC(=O)Cc2c(C)c(OCC3CCN(C)CC3)nn2-c2ccccc2)[C@@H](c2ccc(F)c(F)c2)O1. The van der Waals surface area contributed by atoms with Gasteiger partial charge in [0, 0.05) is 37.4 Å². The molecule has 9 heteroatoms. The molecule has 0 radical (unpaired) electrons. The molecule has 2 aliphatic heterocycles. The van der Waals surface area contributed by atoms with Crippen LogP contribution in [0.5, 0.6) is 5.88 Å². The van der Waals surface area contributed by atoms with Gasteiger partial charge in [-0.3, -0.25) is 9.63 Å². The average molecular weight is 553 g/mol. The molecular formula is C31H38F2N4O3. The number of carbonyl (C=O) groups is 1. The number of halogens is 2. The molecule has 0 aliphatic carbocycles. The molecule has 0 saturated carbocycles. The van der Waals surface area contributed by atoms with Gasteiger partial charge in [0.25, 0.3) is 0 Å². The Balaban J connectivity index is 1.34. The summed E-state index contributed by atoms with van der Waals surface area (Å²) in [6.45, 7) is 7.82. The summed E-state index contributed by atoms with van der Waals surface area (Å²) in [6, 6.07) is 13.6. The molecular weight excluding hydrogens is 514 g/mol. The van der Waals surface area contributed by atoms with Gasteiger partial charge in [0.15, 0.2) is 11.6 Å². The molecule has 0 spiro atoms. The lowest BCUT2D eigenvalue weighted by molar-refractivity contribution is -0.146. The number of likely N-dealkylation sites (tertiary alicyclic amines) is 1. The first-order valence-corrected chi connectivity index (χ1v) is 14.2. The molecule has 7 nitrogen and oxygen atoms in total. The maximum Gasteiger partial charge on any atom is 0.236 e. The summed E-state index contributed by atoms with van der Waals surface area (Å²) in [7, 11) is 2.14. The van der Waals surface area contributed by atoms with E-state index in [1.54, 1.807) is 5.06 Å². The van der Waals surface area contributed by atoms with Crippen molar-refractivity contribution in [3.63, 3.8) is 0 Å². The zero-order valence-corrected chi connectivity index (χ0v) is 23.5. The lowest BCUT2D eigenvalue weighted by Crippen LogP contribution is -2.32. The first kappa shape index (κ1) is 28.4. The molecule has 3 aromatic rings. The number of hydroxylamine groups is 2. The molecule has 3 heterocycles. The van der Waals surface area contributed by atoms with Crippen molar-refractivity contribution in [3.8, 4) is 11.6 Å². The van der Waals surface area contributed by atoms with E-state index in [0.29, 0.717) is 37.1 Å². The number of carbonyl (C=O) groups excluding carboxylic acids is 1. The number of Topliss-reactive ketones (excluding diaryl/α,β-unsaturated/α-hetero) is 1. The Morgan fingerprint density at radius 1 is 1.10 bits per heavy atom. The Morgan fingerprint density at radius 3 is 2.55 bits per heavy atom. The highest BCUT2D eigenvalue weighted by Crippen LogP contribution is 2.37. The molecule has 2 fully saturated rings. The van der Waals surface area contributed by atoms with Crippen LogP contribution in [0.15, 0.2) is 48.5 Å². The lowest BCUT2D eigenvalue weighted by atomic mass is 9.90. The summed E-state index contributed by atoms with van der Waals surface area (Å²) >= 11 is 0. The molecule has 2 aromatic carbocycles. The van der Waals surface area contributed by atoms with Crippen molar-refractivity contribution < 1.29 is 23.1 Å². The molecule has 5 rings (SSSR count). The molecule has 2 aliphatic rings. The molecule has 2 saturated heterocycles. The van der Waals surface area contributed by atoms with Crippen LogP contribution in [0.3, 0.4) is 0 Å². The second-order valence-electron chi connectivity index (χ2n) is 11.0. The van der Waals surface area contributed by atoms with Crippen molar-refractivity contribution >= 4 is 5.78 Å². The summed E-state index contributed by atoms with van der Waals surface area (Å²) in [5.41, 5.74) is 3.05. The van der Waals surface area contributed by atoms with Crippen LogP contribution >= 0.6 is 0 Å². The maximum atomic E-state index is 14.0. The van der Waals surface area contributed by atoms with Crippen molar-refractivity contribution in [1.82, 2.24) is 19.7 Å². The first-order valence-electron chi connectivity index (χ1n) is 14.2. The zero-order valence-electron chi connectivity index (χ0n) is 23.5. The number of hydrogen-bond acceptors (Lipinski definition) is 6. The Bertz CT molecular complexity index is 1310. The number of ketones is 1. The maximum absolute atomic E-state index is 14.0. The van der Waals surface area contributed by atoms with Crippen LogP contribution in [0.4, 0.5) is 8.78 Å². The van der Waals surface area contributed by atoms with Crippen LogP contribution in [0.2, 0.25) is 0 Å². The van der Waals surface area contributed by atoms with Gasteiger partial charge in [0.1, 0.15) is 11.9 Å². The summed E-state index contributed by atoms with van der Waals surface area (Å²) in [4.78, 5) is 21.9. The van der Waals surface area contributed by atoms with Crippen molar-refractivity contribution in [3.05, 3.63) is 77.0 Å². The third kappa shape index (κ3) is 6.43. The lowest BCUT2D eigenvalue weighted by Gasteiger charge is -2.28. The fraction of sp³-hybridized carbons (Fsp3) is 0.484. The Kier molecular flexibility index (Phi) is 8.93. The predicted molar refractivity (Wildman–Crippen MR) is 148 cm³/mol. The third-order valence-corrected chi connectivity index (χ3v) is 8.10. The van der Waals surface area contributed by atoms with Crippen LogP contribution < -0.4 is 4.74 Å². The molecule has 2 atom stereocenters. The standard InChI is InChI=1S/C31H38F2N4O3/c1-4-36-19-24(30(40-36)23-10-11-27(32)28(33)17-23)16-26(38)18-29-21(2)31(34-37(29)25-8-6-5-7-9-25)39-20-22-12-14-35(3)15-13-22/h5-11,17,22,24,30H,4,12-16,18-20H2,1-3H3/t24-,30+/m0/s1. The smallest absolute Gasteiger partial charge is 0.236 e. The molecule has 0 bridgehead atoms. The van der Waals surface area contributed by atoms with Crippen LogP contribution in [-0.2, 0) is 16.1 Å². The highest BCUT2D eigenvalue weighted by Gasteiger charge is 2.36. The number of piperidine rings is 1. The number of benzene rings is 2. The van der Waals surface area contributed by atoms with E-state index in [4.69, 9.17) is 14.7 Å². The van der Waals surface area contributed by atoms with Gasteiger partial charge in [0.2, 0.25) is 5.88 Å². The summed E-state index contributed by atoms with van der Waals surface area (Å²) < 4.78 is 35.6. The van der Waals surface area contributed by atoms with E-state index >= 15 is 0 Å². The number of para-hydroxylation sites is 1. The van der Waals surface area contributed by atoms with E-state index < -0.39 is 17.7 Å². The molecule has 40 heavy (non-hydrogen) atoms. The van der Waals surface area contributed by atoms with E-state index in [1.165, 1.54) is 12.1 Å². The van der Waals surface area contributed by atoms with Gasteiger partial charge in [-0.25, -0.2) is 13.5 Å². The topological polar surface area (TPSA) is 59.8 Å². The number of rotatable bonds is 10. The van der Waals surface area contributed by atoms with Crippen LogP contribution in [-0.4, -0.2) is 65.4 Å². The summed E-state index contributed by atoms with van der Waals surface area (Å²) in [5.74, 6) is -0.935. The van der Waals surface area contributed by atoms with Gasteiger partial charge in [-0.1, -0.05) is 31.2 Å². The van der Waals surface area contributed by atoms with E-state index in [2.05, 4.69) is 11.9 Å². The van der Waals surface area contributed by atoms with Crippen LogP contribution in [0, 0.1) is 30.4 Å². The van der Waals surface area contributed by atoms with Gasteiger partial charge in [-0.05, 0) is 75.6 Å². The normalized spacial score (nSPS) is 20.7. The minimum Gasteiger partial charge on any atom is -0.476 e. The second kappa shape index (κ2) is 12.6. The highest BCUT2D eigenvalue weighted by molar-refractivity contribution is 5.81. The highest BCUT2D eigenvalue weighted by atomic mass is 19.2. The van der Waals surface area contributed by atoms with E-state index in [0.717, 1.165) is 48.9 Å². The van der Waals surface area contributed by atoms with Crippen molar-refractivity contribution in [1.29, 1.82) is 0 Å². The Labute approximate surface area is 234 Å². The van der Waals surface area contributed by atoms with Gasteiger partial charge < -0.3 is 9.64 Å². The zero-order chi connectivity index (χ0) is 28.2. The third-order valence-electron chi connectivity index (χ3n) is 8.10. The van der Waals surface area contributed by atoms with Crippen molar-refractivity contribution in [2.75, 3.05) is 39.8 Å². The molecule has 214 valence electrons. The van der Waals surface area contributed by atoms with Crippen LogP contribution in [0.25, 0.3) is 5.69 Å². The second-order valence-corrected chi connectivity index (χ2v) is 11.0. The van der Waals surface area contributed by atoms with Gasteiger partial charge >= 0.3 is 0 Å². The molecule has 0 amide bonds. The van der Waals surface area contributed by atoms with Crippen molar-refractivity contribution in [2.24, 2.45) is 11.8 Å². The van der Waals surface area contributed by atoms with E-state index in [9.17, 15) is 13.6 Å². The average Bonchev–Trinajstić information content (AvgIpc) is 3.51. The first-order chi connectivity index (χ1) is 19.3.